The van der Waals surface area contributed by atoms with Crippen molar-refractivity contribution in [2.75, 3.05) is 5.32 Å². The number of halogens is 1. The van der Waals surface area contributed by atoms with Crippen LogP contribution in [-0.2, 0) is 0 Å². The highest BCUT2D eigenvalue weighted by Gasteiger charge is 2.15. The molecule has 1 aromatic heterocycles. The Hall–Kier alpha value is -2.39. The third-order valence-corrected chi connectivity index (χ3v) is 2.84. The Kier molecular flexibility index (Phi) is 4.01. The number of hydrogen-bond donors (Lipinski definition) is 2. The molecule has 0 aliphatic heterocycles. The van der Waals surface area contributed by atoms with E-state index in [4.69, 9.17) is 16.9 Å². The van der Waals surface area contributed by atoms with E-state index in [1.165, 1.54) is 12.1 Å². The van der Waals surface area contributed by atoms with Crippen molar-refractivity contribution >= 4 is 23.2 Å². The summed E-state index contributed by atoms with van der Waals surface area (Å²) in [6.07, 6.45) is 0. The number of nitrogens with zero attached hydrogens (tertiary/aromatic N) is 3. The smallest absolute Gasteiger partial charge is 0.295 e. The van der Waals surface area contributed by atoms with Crippen LogP contribution in [0.15, 0.2) is 18.2 Å². The monoisotopic (exact) mass is 289 g/mol. The van der Waals surface area contributed by atoms with Gasteiger partial charge in [0.25, 0.3) is 5.91 Å². The van der Waals surface area contributed by atoms with Crippen molar-refractivity contribution in [3.8, 4) is 6.07 Å². The first-order chi connectivity index (χ1) is 9.51. The maximum absolute atomic E-state index is 12.0. The zero-order chi connectivity index (χ0) is 14.7. The highest BCUT2D eigenvalue weighted by atomic mass is 35.5. The third-order valence-electron chi connectivity index (χ3n) is 2.60. The van der Waals surface area contributed by atoms with Crippen molar-refractivity contribution in [1.82, 2.24) is 15.2 Å². The average molecular weight is 290 g/mol. The topological polar surface area (TPSA) is 94.5 Å². The Morgan fingerprint density at radius 3 is 2.85 bits per heavy atom. The second-order valence-corrected chi connectivity index (χ2v) is 4.89. The second-order valence-electron chi connectivity index (χ2n) is 4.45. The van der Waals surface area contributed by atoms with E-state index in [2.05, 4.69) is 20.5 Å². The molecule has 1 amide bonds. The number of H-pyrrole nitrogens is 1. The van der Waals surface area contributed by atoms with Gasteiger partial charge in [0.1, 0.15) is 11.9 Å². The summed E-state index contributed by atoms with van der Waals surface area (Å²) in [6, 6.07) is 6.61. The molecule has 1 aromatic carbocycles. The summed E-state index contributed by atoms with van der Waals surface area (Å²) in [4.78, 5) is 16.1. The number of rotatable bonds is 3. The molecule has 2 N–H and O–H groups in total. The van der Waals surface area contributed by atoms with Crippen LogP contribution in [0.25, 0.3) is 0 Å². The molecule has 0 bridgehead atoms. The molecule has 0 aliphatic rings. The minimum Gasteiger partial charge on any atom is -0.318 e. The summed E-state index contributed by atoms with van der Waals surface area (Å²) in [5, 5.41) is 18.5. The number of anilines is 1. The Bertz CT molecular complexity index is 686. The fraction of sp³-hybridized carbons (Fsp3) is 0.231. The van der Waals surface area contributed by atoms with Crippen LogP contribution in [0, 0.1) is 11.3 Å². The summed E-state index contributed by atoms with van der Waals surface area (Å²) >= 11 is 5.85. The lowest BCUT2D eigenvalue weighted by Crippen LogP contribution is -2.14. The predicted octanol–water partition coefficient (Wildman–Crippen LogP) is 2.71. The first-order valence-corrected chi connectivity index (χ1v) is 6.32. The zero-order valence-electron chi connectivity index (χ0n) is 10.9. The van der Waals surface area contributed by atoms with Gasteiger partial charge in [0.2, 0.25) is 5.82 Å². The van der Waals surface area contributed by atoms with Gasteiger partial charge in [0, 0.05) is 10.9 Å². The fourth-order valence-corrected chi connectivity index (χ4v) is 1.70. The average Bonchev–Trinajstić information content (AvgIpc) is 2.89. The maximum Gasteiger partial charge on any atom is 0.295 e. The molecule has 2 rings (SSSR count). The Balaban J connectivity index is 2.23. The standard InChI is InChI=1S/C13H12ClN5O/c1-7(2)11-17-12(19-18-11)13(20)16-10-5-9(14)4-3-8(10)6-15/h3-5,7H,1-2H3,(H,16,20)(H,17,18,19). The van der Waals surface area contributed by atoms with Gasteiger partial charge < -0.3 is 5.32 Å². The molecular formula is C13H12ClN5O. The number of carbonyl (C=O) groups excluding carboxylic acids is 1. The molecule has 0 unspecified atom stereocenters. The Morgan fingerprint density at radius 2 is 2.25 bits per heavy atom. The maximum atomic E-state index is 12.0. The molecule has 0 saturated heterocycles. The van der Waals surface area contributed by atoms with Crippen LogP contribution in [0.3, 0.4) is 0 Å². The summed E-state index contributed by atoms with van der Waals surface area (Å²) in [7, 11) is 0. The number of aromatic nitrogens is 3. The van der Waals surface area contributed by atoms with Crippen LogP contribution >= 0.6 is 11.6 Å². The summed E-state index contributed by atoms with van der Waals surface area (Å²) in [6.45, 7) is 3.87. The summed E-state index contributed by atoms with van der Waals surface area (Å²) < 4.78 is 0. The molecule has 6 nitrogen and oxygen atoms in total. The van der Waals surface area contributed by atoms with Gasteiger partial charge in [-0.25, -0.2) is 4.98 Å². The minimum absolute atomic E-state index is 0.0255. The van der Waals surface area contributed by atoms with Gasteiger partial charge in [-0.15, -0.1) is 5.10 Å². The first kappa shape index (κ1) is 14.0. The van der Waals surface area contributed by atoms with Crippen LogP contribution in [0.2, 0.25) is 5.02 Å². The largest absolute Gasteiger partial charge is 0.318 e. The van der Waals surface area contributed by atoms with Crippen molar-refractivity contribution in [2.24, 2.45) is 0 Å². The van der Waals surface area contributed by atoms with Crippen LogP contribution in [-0.4, -0.2) is 21.1 Å². The van der Waals surface area contributed by atoms with E-state index in [1.807, 2.05) is 19.9 Å². The normalized spacial score (nSPS) is 10.3. The summed E-state index contributed by atoms with van der Waals surface area (Å²) in [5.41, 5.74) is 0.656. The van der Waals surface area contributed by atoms with Gasteiger partial charge in [-0.1, -0.05) is 25.4 Å². The molecular weight excluding hydrogens is 278 g/mol. The Morgan fingerprint density at radius 1 is 1.50 bits per heavy atom. The van der Waals surface area contributed by atoms with Gasteiger partial charge in [-0.3, -0.25) is 9.89 Å². The van der Waals surface area contributed by atoms with E-state index in [1.54, 1.807) is 6.07 Å². The van der Waals surface area contributed by atoms with Gasteiger partial charge in [0.05, 0.1) is 11.3 Å². The predicted molar refractivity (Wildman–Crippen MR) is 74.6 cm³/mol. The molecule has 0 spiro atoms. The number of hydrogen-bond acceptors (Lipinski definition) is 4. The number of benzene rings is 1. The van der Waals surface area contributed by atoms with E-state index in [0.29, 0.717) is 22.1 Å². The molecule has 2 aromatic rings. The quantitative estimate of drug-likeness (QED) is 0.908. The van der Waals surface area contributed by atoms with E-state index in [0.717, 1.165) is 0 Å². The zero-order valence-corrected chi connectivity index (χ0v) is 11.7. The van der Waals surface area contributed by atoms with Crippen molar-refractivity contribution in [3.05, 3.63) is 40.4 Å². The molecule has 20 heavy (non-hydrogen) atoms. The molecule has 0 radical (unpaired) electrons. The number of nitriles is 1. The fourth-order valence-electron chi connectivity index (χ4n) is 1.53. The van der Waals surface area contributed by atoms with Crippen LogP contribution in [0.1, 0.15) is 41.8 Å². The highest BCUT2D eigenvalue weighted by Crippen LogP contribution is 2.20. The first-order valence-electron chi connectivity index (χ1n) is 5.94. The third kappa shape index (κ3) is 2.95. The van der Waals surface area contributed by atoms with Gasteiger partial charge in [-0.05, 0) is 18.2 Å². The lowest BCUT2D eigenvalue weighted by atomic mass is 10.2. The van der Waals surface area contributed by atoms with Crippen LogP contribution < -0.4 is 5.32 Å². The highest BCUT2D eigenvalue weighted by molar-refractivity contribution is 6.31. The summed E-state index contributed by atoms with van der Waals surface area (Å²) in [5.74, 6) is 0.302. The lowest BCUT2D eigenvalue weighted by molar-refractivity contribution is 0.101. The van der Waals surface area contributed by atoms with Crippen molar-refractivity contribution in [3.63, 3.8) is 0 Å². The number of amides is 1. The van der Waals surface area contributed by atoms with Gasteiger partial charge in [-0.2, -0.15) is 5.26 Å². The van der Waals surface area contributed by atoms with Gasteiger partial charge >= 0.3 is 0 Å². The molecule has 7 heteroatoms. The van der Waals surface area contributed by atoms with Crippen molar-refractivity contribution in [2.45, 2.75) is 19.8 Å². The van der Waals surface area contributed by atoms with Crippen LogP contribution in [0.4, 0.5) is 5.69 Å². The molecule has 1 heterocycles. The van der Waals surface area contributed by atoms with E-state index >= 15 is 0 Å². The number of nitrogens with one attached hydrogen (secondary N) is 2. The van der Waals surface area contributed by atoms with Gasteiger partial charge in [0.15, 0.2) is 0 Å². The minimum atomic E-state index is -0.494. The molecule has 0 aliphatic carbocycles. The molecule has 0 saturated carbocycles. The number of aromatic amines is 1. The van der Waals surface area contributed by atoms with E-state index in [-0.39, 0.29) is 11.7 Å². The second kappa shape index (κ2) is 5.72. The Labute approximate surface area is 120 Å². The van der Waals surface area contributed by atoms with E-state index in [9.17, 15) is 4.79 Å². The van der Waals surface area contributed by atoms with Crippen LogP contribution in [0.5, 0.6) is 0 Å². The molecule has 102 valence electrons. The molecule has 0 atom stereocenters. The SMILES string of the molecule is CC(C)c1nc(C(=O)Nc2cc(Cl)ccc2C#N)n[nH]1. The van der Waals surface area contributed by atoms with Crippen molar-refractivity contribution in [1.29, 1.82) is 5.26 Å². The van der Waals surface area contributed by atoms with Crippen molar-refractivity contribution < 1.29 is 4.79 Å². The lowest BCUT2D eigenvalue weighted by Gasteiger charge is -2.05. The number of carbonyl (C=O) groups is 1. The van der Waals surface area contributed by atoms with E-state index < -0.39 is 5.91 Å². The molecule has 0 fully saturated rings.